The molecule has 6 rings (SSSR count). The molecule has 3 aromatic heterocycles. The fraction of sp³-hybridized carbons (Fsp3) is 0.367. The minimum absolute atomic E-state index is 0.000822. The third-order valence-electron chi connectivity index (χ3n) is 7.94. The molecule has 0 spiro atoms. The summed E-state index contributed by atoms with van der Waals surface area (Å²) in [6.07, 6.45) is 3.82. The van der Waals surface area contributed by atoms with E-state index in [-0.39, 0.29) is 41.4 Å². The van der Waals surface area contributed by atoms with Crippen molar-refractivity contribution >= 4 is 11.8 Å². The Morgan fingerprint density at radius 3 is 2.68 bits per heavy atom. The second kappa shape index (κ2) is 11.2. The molecule has 2 atom stereocenters. The molecule has 11 heteroatoms. The van der Waals surface area contributed by atoms with E-state index in [1.807, 2.05) is 42.1 Å². The van der Waals surface area contributed by atoms with Crippen LogP contribution in [0.3, 0.4) is 0 Å². The molecular weight excluding hydrogens is 522 g/mol. The number of fused-ring (bicyclic) bond motifs is 6. The predicted octanol–water partition coefficient (Wildman–Crippen LogP) is 2.32. The quantitative estimate of drug-likeness (QED) is 0.412. The molecule has 1 fully saturated rings. The van der Waals surface area contributed by atoms with E-state index < -0.39 is 0 Å². The van der Waals surface area contributed by atoms with E-state index >= 15 is 0 Å². The first-order valence-electron chi connectivity index (χ1n) is 13.8. The zero-order valence-corrected chi connectivity index (χ0v) is 23.2. The SMILES string of the molecule is Cc1ccc(-c2ccccc2CN2C[C@@H]3CC(=O)NCCN(C)C(=O)c4cccn(c4=O)Cc4cn(nn4)[C@@H]3C2)o1. The van der Waals surface area contributed by atoms with E-state index in [4.69, 9.17) is 4.42 Å². The number of pyridine rings is 1. The maximum atomic E-state index is 13.1. The summed E-state index contributed by atoms with van der Waals surface area (Å²) in [5.74, 6) is 1.24. The van der Waals surface area contributed by atoms with Crippen molar-refractivity contribution in [2.75, 3.05) is 33.2 Å². The maximum Gasteiger partial charge on any atom is 0.263 e. The molecule has 2 aliphatic rings. The van der Waals surface area contributed by atoms with E-state index in [0.29, 0.717) is 44.8 Å². The highest BCUT2D eigenvalue weighted by Gasteiger charge is 2.36. The number of likely N-dealkylation sites (tertiary alicyclic amines) is 1. The van der Waals surface area contributed by atoms with Crippen LogP contribution in [0.1, 0.15) is 39.8 Å². The first-order chi connectivity index (χ1) is 19.9. The smallest absolute Gasteiger partial charge is 0.263 e. The van der Waals surface area contributed by atoms with Crippen LogP contribution in [0.2, 0.25) is 0 Å². The Morgan fingerprint density at radius 1 is 1.02 bits per heavy atom. The lowest BCUT2D eigenvalue weighted by Crippen LogP contribution is -2.39. The minimum Gasteiger partial charge on any atom is -0.461 e. The number of aryl methyl sites for hydroxylation is 1. The first-order valence-corrected chi connectivity index (χ1v) is 13.8. The van der Waals surface area contributed by atoms with Crippen molar-refractivity contribution in [3.63, 3.8) is 0 Å². The van der Waals surface area contributed by atoms with Crippen LogP contribution in [-0.4, -0.2) is 74.4 Å². The normalized spacial score (nSPS) is 20.2. The van der Waals surface area contributed by atoms with Crippen molar-refractivity contribution < 1.29 is 14.0 Å². The number of carbonyl (C=O) groups excluding carboxylic acids is 2. The number of rotatable bonds is 3. The average molecular weight is 556 g/mol. The standard InChI is InChI=1S/C30H33N7O4/c1-20-9-10-27(41-20)24-7-4-3-6-21(24)15-35-16-22-14-28(38)31-11-13-34(2)29(39)25-8-5-12-36(30(25)40)17-23-18-37(33-32-23)26(22)19-35/h3-10,12,18,22,26H,11,13-17,19H2,1-2H3,(H,31,38)/t22-,26+/m0/s1. The molecule has 0 radical (unpaired) electrons. The number of benzene rings is 1. The molecule has 212 valence electrons. The van der Waals surface area contributed by atoms with Crippen LogP contribution in [0.25, 0.3) is 11.3 Å². The number of furan rings is 1. The highest BCUT2D eigenvalue weighted by atomic mass is 16.3. The molecule has 0 unspecified atom stereocenters. The molecule has 2 aliphatic heterocycles. The van der Waals surface area contributed by atoms with Gasteiger partial charge < -0.3 is 19.2 Å². The van der Waals surface area contributed by atoms with Crippen molar-refractivity contribution in [2.24, 2.45) is 5.92 Å². The third-order valence-corrected chi connectivity index (χ3v) is 7.94. The summed E-state index contributed by atoms with van der Waals surface area (Å²) >= 11 is 0. The number of likely N-dealkylation sites (N-methyl/N-ethyl adjacent to an activating group) is 1. The van der Waals surface area contributed by atoms with Crippen LogP contribution in [0.15, 0.2) is 70.1 Å². The van der Waals surface area contributed by atoms with Crippen LogP contribution >= 0.6 is 0 Å². The average Bonchev–Trinajstić information content (AvgIpc) is 3.69. The van der Waals surface area contributed by atoms with Crippen molar-refractivity contribution in [1.29, 1.82) is 0 Å². The molecule has 4 bridgehead atoms. The van der Waals surface area contributed by atoms with E-state index in [0.717, 1.165) is 22.6 Å². The van der Waals surface area contributed by atoms with Crippen LogP contribution in [0, 0.1) is 12.8 Å². The number of nitrogens with one attached hydrogen (secondary N) is 1. The molecule has 1 N–H and O–H groups in total. The second-order valence-electron chi connectivity index (χ2n) is 10.9. The van der Waals surface area contributed by atoms with Gasteiger partial charge in [-0.05, 0) is 36.8 Å². The molecule has 2 amide bonds. The van der Waals surface area contributed by atoms with Gasteiger partial charge in [0.05, 0.1) is 18.8 Å². The van der Waals surface area contributed by atoms with Crippen molar-refractivity contribution in [2.45, 2.75) is 32.5 Å². The predicted molar refractivity (Wildman–Crippen MR) is 151 cm³/mol. The first kappa shape index (κ1) is 26.7. The summed E-state index contributed by atoms with van der Waals surface area (Å²) in [5.41, 5.74) is 2.51. The summed E-state index contributed by atoms with van der Waals surface area (Å²) in [6, 6.07) is 15.3. The Morgan fingerprint density at radius 2 is 1.85 bits per heavy atom. The summed E-state index contributed by atoms with van der Waals surface area (Å²) in [7, 11) is 1.63. The Kier molecular flexibility index (Phi) is 7.27. The number of hydrogen-bond acceptors (Lipinski definition) is 7. The van der Waals surface area contributed by atoms with Crippen LogP contribution < -0.4 is 10.9 Å². The number of amides is 2. The molecule has 4 aromatic rings. The summed E-state index contributed by atoms with van der Waals surface area (Å²) in [6.45, 7) is 4.82. The number of hydrogen-bond donors (Lipinski definition) is 1. The monoisotopic (exact) mass is 555 g/mol. The summed E-state index contributed by atoms with van der Waals surface area (Å²) in [5, 5.41) is 11.7. The summed E-state index contributed by atoms with van der Waals surface area (Å²) in [4.78, 5) is 42.9. The van der Waals surface area contributed by atoms with E-state index in [1.54, 1.807) is 19.3 Å². The molecule has 11 nitrogen and oxygen atoms in total. The highest BCUT2D eigenvalue weighted by molar-refractivity contribution is 5.93. The van der Waals surface area contributed by atoms with Gasteiger partial charge in [-0.25, -0.2) is 4.68 Å². The Bertz CT molecular complexity index is 1640. The molecule has 5 heterocycles. The largest absolute Gasteiger partial charge is 0.461 e. The van der Waals surface area contributed by atoms with Gasteiger partial charge in [-0.1, -0.05) is 29.5 Å². The van der Waals surface area contributed by atoms with Gasteiger partial charge in [-0.2, -0.15) is 0 Å². The van der Waals surface area contributed by atoms with Crippen LogP contribution in [-0.2, 0) is 17.9 Å². The second-order valence-corrected chi connectivity index (χ2v) is 10.9. The van der Waals surface area contributed by atoms with Crippen LogP contribution in [0.5, 0.6) is 0 Å². The zero-order chi connectivity index (χ0) is 28.5. The van der Waals surface area contributed by atoms with Crippen molar-refractivity contribution in [1.82, 2.24) is 34.7 Å². The summed E-state index contributed by atoms with van der Waals surface area (Å²) < 4.78 is 9.23. The zero-order valence-electron chi connectivity index (χ0n) is 23.2. The van der Waals surface area contributed by atoms with Gasteiger partial charge in [0.1, 0.15) is 22.8 Å². The van der Waals surface area contributed by atoms with E-state index in [1.165, 1.54) is 15.5 Å². The van der Waals surface area contributed by atoms with Gasteiger partial charge in [0.2, 0.25) is 5.91 Å². The highest BCUT2D eigenvalue weighted by Crippen LogP contribution is 2.33. The van der Waals surface area contributed by atoms with Gasteiger partial charge in [0, 0.05) is 63.9 Å². The van der Waals surface area contributed by atoms with Gasteiger partial charge >= 0.3 is 0 Å². The molecule has 0 saturated carbocycles. The number of carbonyl (C=O) groups is 2. The minimum atomic E-state index is -0.384. The molecular formula is C30H33N7O4. The fourth-order valence-electron chi connectivity index (χ4n) is 5.82. The van der Waals surface area contributed by atoms with Gasteiger partial charge in [0.15, 0.2) is 0 Å². The third kappa shape index (κ3) is 5.58. The topological polar surface area (TPSA) is 119 Å². The molecule has 1 saturated heterocycles. The lowest BCUT2D eigenvalue weighted by molar-refractivity contribution is -0.122. The fourth-order valence-corrected chi connectivity index (χ4v) is 5.82. The van der Waals surface area contributed by atoms with Gasteiger partial charge in [-0.15, -0.1) is 5.10 Å². The van der Waals surface area contributed by atoms with Gasteiger partial charge in [-0.3, -0.25) is 19.3 Å². The van der Waals surface area contributed by atoms with Gasteiger partial charge in [0.25, 0.3) is 11.5 Å². The Hall–Kier alpha value is -4.51. The Labute approximate surface area is 237 Å². The van der Waals surface area contributed by atoms with Crippen molar-refractivity contribution in [3.05, 3.63) is 93.9 Å². The number of aromatic nitrogens is 4. The number of nitrogens with zero attached hydrogens (tertiary/aromatic N) is 6. The Balaban J connectivity index is 1.28. The van der Waals surface area contributed by atoms with Crippen LogP contribution in [0.4, 0.5) is 0 Å². The molecule has 41 heavy (non-hydrogen) atoms. The van der Waals surface area contributed by atoms with E-state index in [2.05, 4.69) is 32.7 Å². The molecule has 0 aliphatic carbocycles. The lowest BCUT2D eigenvalue weighted by atomic mass is 9.99. The van der Waals surface area contributed by atoms with Crippen molar-refractivity contribution in [3.8, 4) is 11.3 Å². The molecule has 1 aromatic carbocycles. The maximum absolute atomic E-state index is 13.1. The van der Waals surface area contributed by atoms with E-state index in [9.17, 15) is 14.4 Å². The lowest BCUT2D eigenvalue weighted by Gasteiger charge is -2.20.